The predicted molar refractivity (Wildman–Crippen MR) is 75.5 cm³/mol. The van der Waals surface area contributed by atoms with E-state index in [1.165, 1.54) is 0 Å². The Labute approximate surface area is 119 Å². The van der Waals surface area contributed by atoms with Crippen molar-refractivity contribution in [2.45, 2.75) is 13.5 Å². The van der Waals surface area contributed by atoms with Crippen LogP contribution in [0.2, 0.25) is 0 Å². The van der Waals surface area contributed by atoms with Gasteiger partial charge in [0.25, 0.3) is 0 Å². The smallest absolute Gasteiger partial charge is 0.142 e. The zero-order chi connectivity index (χ0) is 14.0. The fourth-order valence-electron chi connectivity index (χ4n) is 1.86. The molecule has 6 heteroatoms. The van der Waals surface area contributed by atoms with Gasteiger partial charge in [-0.3, -0.25) is 0 Å². The number of halogens is 1. The second-order valence-electron chi connectivity index (χ2n) is 4.04. The third kappa shape index (κ3) is 2.59. The average Bonchev–Trinajstić information content (AvgIpc) is 2.79. The molecule has 0 saturated heterocycles. The summed E-state index contributed by atoms with van der Waals surface area (Å²) >= 11 is 3.30. The van der Waals surface area contributed by atoms with E-state index >= 15 is 0 Å². The summed E-state index contributed by atoms with van der Waals surface area (Å²) in [5, 5.41) is 9.19. The molecule has 2 aromatic rings. The van der Waals surface area contributed by atoms with Crippen LogP contribution in [0.4, 0.5) is 0 Å². The largest absolute Gasteiger partial charge is 0.496 e. The Morgan fingerprint density at radius 2 is 1.95 bits per heavy atom. The van der Waals surface area contributed by atoms with Gasteiger partial charge in [0.15, 0.2) is 0 Å². The zero-order valence-corrected chi connectivity index (χ0v) is 12.5. The van der Waals surface area contributed by atoms with Gasteiger partial charge in [0.2, 0.25) is 0 Å². The van der Waals surface area contributed by atoms with Crippen LogP contribution in [0, 0.1) is 6.92 Å². The molecule has 0 radical (unpaired) electrons. The van der Waals surface area contributed by atoms with E-state index < -0.39 is 0 Å². The fraction of sp³-hybridized carbons (Fsp3) is 0.308. The summed E-state index contributed by atoms with van der Waals surface area (Å²) < 4.78 is 11.3. The van der Waals surface area contributed by atoms with E-state index in [1.807, 2.05) is 19.1 Å². The van der Waals surface area contributed by atoms with Crippen molar-refractivity contribution in [3.05, 3.63) is 28.0 Å². The second kappa shape index (κ2) is 5.63. The molecule has 5 nitrogen and oxygen atoms in total. The van der Waals surface area contributed by atoms with Gasteiger partial charge in [0.1, 0.15) is 21.9 Å². The summed E-state index contributed by atoms with van der Waals surface area (Å²) in [6.45, 7) is 1.83. The third-order valence-electron chi connectivity index (χ3n) is 2.86. The molecule has 0 aliphatic heterocycles. The number of aliphatic hydroxyl groups is 1. The van der Waals surface area contributed by atoms with E-state index in [1.54, 1.807) is 14.2 Å². The van der Waals surface area contributed by atoms with E-state index in [2.05, 4.69) is 25.9 Å². The number of nitrogens with one attached hydrogen (secondary N) is 1. The van der Waals surface area contributed by atoms with Crippen LogP contribution in [0.1, 0.15) is 11.3 Å². The first-order chi connectivity index (χ1) is 9.10. The van der Waals surface area contributed by atoms with E-state index in [-0.39, 0.29) is 6.61 Å². The molecule has 1 aromatic heterocycles. The number of aromatic amines is 1. The van der Waals surface area contributed by atoms with Gasteiger partial charge in [-0.05, 0) is 40.5 Å². The summed E-state index contributed by atoms with van der Waals surface area (Å²) in [6, 6.07) is 3.75. The monoisotopic (exact) mass is 326 g/mol. The minimum Gasteiger partial charge on any atom is -0.496 e. The number of aromatic nitrogens is 2. The molecule has 19 heavy (non-hydrogen) atoms. The van der Waals surface area contributed by atoms with Gasteiger partial charge >= 0.3 is 0 Å². The van der Waals surface area contributed by atoms with Gasteiger partial charge in [0.05, 0.1) is 32.1 Å². The molecule has 0 spiro atoms. The Kier molecular flexibility index (Phi) is 4.11. The Morgan fingerprint density at radius 3 is 2.47 bits per heavy atom. The van der Waals surface area contributed by atoms with Crippen molar-refractivity contribution in [1.29, 1.82) is 0 Å². The standard InChI is InChI=1S/C13H15BrN2O3/c1-7-4-11(19-3)8(5-10(7)18-2)13-15-9(6-17)12(14)16-13/h4-5,17H,6H2,1-3H3,(H,15,16). The Balaban J connectivity index is 2.58. The number of nitrogens with zero attached hydrogens (tertiary/aromatic N) is 1. The van der Waals surface area contributed by atoms with Gasteiger partial charge in [0, 0.05) is 0 Å². The summed E-state index contributed by atoms with van der Waals surface area (Å²) in [7, 11) is 3.23. The lowest BCUT2D eigenvalue weighted by Gasteiger charge is -2.11. The van der Waals surface area contributed by atoms with Crippen LogP contribution in [0.3, 0.4) is 0 Å². The number of H-pyrrole nitrogens is 1. The molecule has 0 unspecified atom stereocenters. The lowest BCUT2D eigenvalue weighted by atomic mass is 10.1. The number of benzene rings is 1. The summed E-state index contributed by atoms with van der Waals surface area (Å²) in [4.78, 5) is 7.38. The maximum atomic E-state index is 9.19. The fourth-order valence-corrected chi connectivity index (χ4v) is 2.26. The van der Waals surface area contributed by atoms with Crippen LogP contribution in [0.25, 0.3) is 11.4 Å². The van der Waals surface area contributed by atoms with E-state index in [0.717, 1.165) is 16.9 Å². The van der Waals surface area contributed by atoms with Crippen molar-refractivity contribution in [2.24, 2.45) is 0 Å². The average molecular weight is 327 g/mol. The number of aryl methyl sites for hydroxylation is 1. The lowest BCUT2D eigenvalue weighted by molar-refractivity contribution is 0.276. The van der Waals surface area contributed by atoms with Gasteiger partial charge in [-0.15, -0.1) is 0 Å². The van der Waals surface area contributed by atoms with Crippen LogP contribution in [0.15, 0.2) is 16.7 Å². The number of aliphatic hydroxyl groups excluding tert-OH is 1. The zero-order valence-electron chi connectivity index (χ0n) is 11.0. The molecule has 2 N–H and O–H groups in total. The molecule has 0 aliphatic carbocycles. The third-order valence-corrected chi connectivity index (χ3v) is 3.51. The van der Waals surface area contributed by atoms with Gasteiger partial charge in [-0.2, -0.15) is 0 Å². The van der Waals surface area contributed by atoms with Crippen LogP contribution < -0.4 is 9.47 Å². The quantitative estimate of drug-likeness (QED) is 0.906. The molecule has 0 fully saturated rings. The predicted octanol–water partition coefficient (Wildman–Crippen LogP) is 2.66. The Morgan fingerprint density at radius 1 is 1.26 bits per heavy atom. The minimum absolute atomic E-state index is 0.112. The highest BCUT2D eigenvalue weighted by Gasteiger charge is 2.15. The van der Waals surface area contributed by atoms with Crippen molar-refractivity contribution in [3.63, 3.8) is 0 Å². The van der Waals surface area contributed by atoms with Crippen molar-refractivity contribution in [3.8, 4) is 22.9 Å². The number of imidazole rings is 1. The highest BCUT2D eigenvalue weighted by molar-refractivity contribution is 9.10. The van der Waals surface area contributed by atoms with E-state index in [9.17, 15) is 5.11 Å². The minimum atomic E-state index is -0.112. The highest BCUT2D eigenvalue weighted by Crippen LogP contribution is 2.35. The molecular weight excluding hydrogens is 312 g/mol. The first kappa shape index (κ1) is 13.9. The topological polar surface area (TPSA) is 67.4 Å². The summed E-state index contributed by atoms with van der Waals surface area (Å²) in [6.07, 6.45) is 0. The number of hydrogen-bond donors (Lipinski definition) is 2. The molecule has 1 aromatic carbocycles. The number of ether oxygens (including phenoxy) is 2. The lowest BCUT2D eigenvalue weighted by Crippen LogP contribution is -1.94. The number of rotatable bonds is 4. The second-order valence-corrected chi connectivity index (χ2v) is 4.79. The molecular formula is C13H15BrN2O3. The molecule has 1 heterocycles. The normalized spacial score (nSPS) is 10.6. The van der Waals surface area contributed by atoms with Crippen LogP contribution in [0.5, 0.6) is 11.5 Å². The first-order valence-corrected chi connectivity index (χ1v) is 6.48. The van der Waals surface area contributed by atoms with Crippen LogP contribution in [-0.2, 0) is 6.61 Å². The molecule has 0 aliphatic rings. The Hall–Kier alpha value is -1.53. The van der Waals surface area contributed by atoms with E-state index in [4.69, 9.17) is 9.47 Å². The summed E-state index contributed by atoms with van der Waals surface area (Å²) in [5.74, 6) is 2.07. The van der Waals surface area contributed by atoms with Crippen molar-refractivity contribution >= 4 is 15.9 Å². The first-order valence-electron chi connectivity index (χ1n) is 5.69. The number of methoxy groups -OCH3 is 2. The molecule has 0 bridgehead atoms. The van der Waals surface area contributed by atoms with Gasteiger partial charge < -0.3 is 19.6 Å². The van der Waals surface area contributed by atoms with Gasteiger partial charge in [-0.1, -0.05) is 0 Å². The van der Waals surface area contributed by atoms with Crippen LogP contribution >= 0.6 is 15.9 Å². The molecule has 102 valence electrons. The molecule has 2 rings (SSSR count). The Bertz CT molecular complexity index is 596. The van der Waals surface area contributed by atoms with Crippen molar-refractivity contribution < 1.29 is 14.6 Å². The SMILES string of the molecule is COc1cc(-c2nc(Br)c(CO)[nH]2)c(OC)cc1C. The van der Waals surface area contributed by atoms with Crippen molar-refractivity contribution in [2.75, 3.05) is 14.2 Å². The maximum absolute atomic E-state index is 9.19. The van der Waals surface area contributed by atoms with Crippen molar-refractivity contribution in [1.82, 2.24) is 9.97 Å². The van der Waals surface area contributed by atoms with Gasteiger partial charge in [-0.25, -0.2) is 4.98 Å². The number of hydrogen-bond acceptors (Lipinski definition) is 4. The summed E-state index contributed by atoms with van der Waals surface area (Å²) in [5.41, 5.74) is 2.39. The molecule has 0 atom stereocenters. The van der Waals surface area contributed by atoms with E-state index in [0.29, 0.717) is 21.9 Å². The maximum Gasteiger partial charge on any atom is 0.142 e. The van der Waals surface area contributed by atoms with Crippen LogP contribution in [-0.4, -0.2) is 29.3 Å². The molecule has 0 saturated carbocycles. The highest BCUT2D eigenvalue weighted by atomic mass is 79.9. The molecule has 0 amide bonds.